The van der Waals surface area contributed by atoms with Crippen LogP contribution in [0.5, 0.6) is 17.2 Å². The maximum atomic E-state index is 13.3. The number of ether oxygens (including phenoxy) is 2. The Morgan fingerprint density at radius 2 is 1.72 bits per heavy atom. The molecule has 0 aliphatic carbocycles. The molecule has 0 saturated carbocycles. The van der Waals surface area contributed by atoms with Crippen LogP contribution in [-0.2, 0) is 0 Å². The highest BCUT2D eigenvalue weighted by Gasteiger charge is 2.39. The summed E-state index contributed by atoms with van der Waals surface area (Å²) in [4.78, 5) is 16.9. The van der Waals surface area contributed by atoms with Gasteiger partial charge in [0.1, 0.15) is 17.2 Å². The zero-order valence-electron chi connectivity index (χ0n) is 17.6. The molecule has 2 N–H and O–H groups in total. The second kappa shape index (κ2) is 10.2. The quantitative estimate of drug-likeness (QED) is 0.426. The molecule has 1 aliphatic rings. The molecule has 6 nitrogen and oxygen atoms in total. The molecule has 0 spiro atoms. The van der Waals surface area contributed by atoms with E-state index in [1.54, 1.807) is 19.2 Å². The third-order valence-corrected chi connectivity index (χ3v) is 5.97. The number of amides is 2. The van der Waals surface area contributed by atoms with Crippen molar-refractivity contribution in [1.82, 2.24) is 4.90 Å². The van der Waals surface area contributed by atoms with E-state index in [0.29, 0.717) is 35.4 Å². The predicted molar refractivity (Wildman–Crippen MR) is 130 cm³/mol. The lowest BCUT2D eigenvalue weighted by molar-refractivity contribution is 0.223. The summed E-state index contributed by atoms with van der Waals surface area (Å²) in [5.74, 6) is 2.81. The summed E-state index contributed by atoms with van der Waals surface area (Å²) in [6, 6.07) is 22.4. The van der Waals surface area contributed by atoms with Crippen molar-refractivity contribution >= 4 is 35.3 Å². The van der Waals surface area contributed by atoms with Crippen LogP contribution in [0.15, 0.2) is 72.8 Å². The summed E-state index contributed by atoms with van der Waals surface area (Å²) in [7, 11) is 1.64. The average Bonchev–Trinajstić information content (AvgIpc) is 3.16. The second-order valence-electron chi connectivity index (χ2n) is 7.31. The first-order valence-corrected chi connectivity index (χ1v) is 11.6. The summed E-state index contributed by atoms with van der Waals surface area (Å²) in [6.45, 7) is 1.17. The Labute approximate surface area is 197 Å². The lowest BCUT2D eigenvalue weighted by Gasteiger charge is -2.24. The molecule has 0 radical (unpaired) electrons. The fraction of sp³-hybridized carbons (Fsp3) is 0.208. The minimum atomic E-state index is -0.136. The van der Waals surface area contributed by atoms with Crippen molar-refractivity contribution < 1.29 is 14.3 Å². The van der Waals surface area contributed by atoms with Crippen molar-refractivity contribution in [3.05, 3.63) is 83.4 Å². The van der Waals surface area contributed by atoms with Crippen LogP contribution < -0.4 is 19.5 Å². The Hall–Kier alpha value is -2.87. The molecule has 1 aliphatic heterocycles. The number of nitrogens with zero attached hydrogens (tertiary/aromatic N) is 2. The van der Waals surface area contributed by atoms with Crippen molar-refractivity contribution in [2.24, 2.45) is 5.14 Å². The highest BCUT2D eigenvalue weighted by molar-refractivity contribution is 7.97. The number of carbonyl (C=O) groups is 1. The van der Waals surface area contributed by atoms with Gasteiger partial charge in [-0.25, -0.2) is 4.79 Å². The highest BCUT2D eigenvalue weighted by atomic mass is 35.5. The largest absolute Gasteiger partial charge is 0.497 e. The zero-order chi connectivity index (χ0) is 22.5. The lowest BCUT2D eigenvalue weighted by atomic mass is 10.1. The number of urea groups is 1. The van der Waals surface area contributed by atoms with Crippen LogP contribution in [-0.4, -0.2) is 36.9 Å². The highest BCUT2D eigenvalue weighted by Crippen LogP contribution is 2.36. The molecule has 2 amide bonds. The number of anilines is 1. The van der Waals surface area contributed by atoms with Gasteiger partial charge in [0, 0.05) is 29.6 Å². The third-order valence-electron chi connectivity index (χ3n) is 5.30. The zero-order valence-corrected chi connectivity index (χ0v) is 19.2. The topological polar surface area (TPSA) is 68.0 Å². The van der Waals surface area contributed by atoms with Gasteiger partial charge in [0.2, 0.25) is 0 Å². The number of methoxy groups -OCH3 is 1. The molecule has 4 rings (SSSR count). The van der Waals surface area contributed by atoms with Crippen LogP contribution in [0.4, 0.5) is 10.5 Å². The van der Waals surface area contributed by atoms with Crippen LogP contribution in [0.3, 0.4) is 0 Å². The van der Waals surface area contributed by atoms with E-state index in [2.05, 4.69) is 0 Å². The molecule has 0 bridgehead atoms. The molecular formula is C24H24ClN3O3S. The normalized spacial score (nSPS) is 15.8. The number of benzene rings is 3. The summed E-state index contributed by atoms with van der Waals surface area (Å²) < 4.78 is 11.3. The molecule has 3 aromatic carbocycles. The van der Waals surface area contributed by atoms with Gasteiger partial charge in [0.05, 0.1) is 13.2 Å². The molecule has 1 fully saturated rings. The van der Waals surface area contributed by atoms with Gasteiger partial charge in [-0.1, -0.05) is 35.7 Å². The fourth-order valence-electron chi connectivity index (χ4n) is 3.71. The summed E-state index contributed by atoms with van der Waals surface area (Å²) in [5.41, 5.74) is 1.82. The minimum Gasteiger partial charge on any atom is -0.497 e. The van der Waals surface area contributed by atoms with E-state index in [4.69, 9.17) is 26.2 Å². The van der Waals surface area contributed by atoms with Crippen molar-refractivity contribution in [2.45, 2.75) is 6.04 Å². The standard InChI is InChI=1S/C24H24ClN3O3S/c1-30-22-4-2-3-17(15-22)23-16-27(13-14-32-26)24(29)28(23)19-7-11-21(12-8-19)31-20-9-5-18(25)6-10-20/h2-12,15,23H,13-14,16,26H2,1H3. The summed E-state index contributed by atoms with van der Waals surface area (Å²) in [5, 5.41) is 6.25. The first-order chi connectivity index (χ1) is 15.6. The van der Waals surface area contributed by atoms with Crippen LogP contribution in [0, 0.1) is 0 Å². The van der Waals surface area contributed by atoms with Gasteiger partial charge in [0.15, 0.2) is 0 Å². The summed E-state index contributed by atoms with van der Waals surface area (Å²) in [6.07, 6.45) is 0. The van der Waals surface area contributed by atoms with E-state index in [1.165, 1.54) is 11.9 Å². The van der Waals surface area contributed by atoms with E-state index in [-0.39, 0.29) is 12.1 Å². The van der Waals surface area contributed by atoms with Gasteiger partial charge in [-0.3, -0.25) is 10.0 Å². The lowest BCUT2D eigenvalue weighted by Crippen LogP contribution is -2.33. The van der Waals surface area contributed by atoms with Gasteiger partial charge in [-0.15, -0.1) is 0 Å². The van der Waals surface area contributed by atoms with Crippen molar-refractivity contribution in [1.29, 1.82) is 0 Å². The van der Waals surface area contributed by atoms with Crippen LogP contribution in [0.25, 0.3) is 0 Å². The number of hydrogen-bond acceptors (Lipinski definition) is 5. The number of hydrogen-bond donors (Lipinski definition) is 1. The third kappa shape index (κ3) is 4.96. The average molecular weight is 470 g/mol. The Balaban J connectivity index is 1.60. The first kappa shape index (κ1) is 22.3. The van der Waals surface area contributed by atoms with E-state index < -0.39 is 0 Å². The smallest absolute Gasteiger partial charge is 0.325 e. The van der Waals surface area contributed by atoms with Crippen LogP contribution in [0.2, 0.25) is 5.02 Å². The molecule has 3 aromatic rings. The predicted octanol–water partition coefficient (Wildman–Crippen LogP) is 5.73. The van der Waals surface area contributed by atoms with Gasteiger partial charge in [-0.2, -0.15) is 0 Å². The van der Waals surface area contributed by atoms with Gasteiger partial charge < -0.3 is 14.4 Å². The molecule has 1 unspecified atom stereocenters. The van der Waals surface area contributed by atoms with Crippen LogP contribution in [0.1, 0.15) is 11.6 Å². The Kier molecular flexibility index (Phi) is 7.09. The Morgan fingerprint density at radius 3 is 2.38 bits per heavy atom. The molecule has 1 atom stereocenters. The number of carbonyl (C=O) groups excluding carboxylic acids is 1. The van der Waals surface area contributed by atoms with Gasteiger partial charge in [0.25, 0.3) is 0 Å². The fourth-order valence-corrected chi connectivity index (χ4v) is 4.16. The first-order valence-electron chi connectivity index (χ1n) is 10.2. The molecule has 166 valence electrons. The van der Waals surface area contributed by atoms with E-state index in [0.717, 1.165) is 17.0 Å². The second-order valence-corrected chi connectivity index (χ2v) is 8.49. The number of nitrogens with two attached hydrogens (primary N) is 1. The van der Waals surface area contributed by atoms with E-state index in [1.807, 2.05) is 70.5 Å². The molecule has 1 heterocycles. The van der Waals surface area contributed by atoms with E-state index in [9.17, 15) is 4.79 Å². The molecule has 8 heteroatoms. The Bertz CT molecular complexity index is 1060. The SMILES string of the molecule is COc1cccc(C2CN(CCSN)C(=O)N2c2ccc(Oc3ccc(Cl)cc3)cc2)c1. The Morgan fingerprint density at radius 1 is 1.03 bits per heavy atom. The minimum absolute atomic E-state index is 0.0433. The van der Waals surface area contributed by atoms with Crippen molar-refractivity contribution in [3.63, 3.8) is 0 Å². The van der Waals surface area contributed by atoms with E-state index >= 15 is 0 Å². The maximum Gasteiger partial charge on any atom is 0.325 e. The van der Waals surface area contributed by atoms with Crippen molar-refractivity contribution in [2.75, 3.05) is 30.9 Å². The molecule has 0 aromatic heterocycles. The van der Waals surface area contributed by atoms with Gasteiger partial charge >= 0.3 is 6.03 Å². The molecular weight excluding hydrogens is 446 g/mol. The number of rotatable bonds is 8. The van der Waals surface area contributed by atoms with Gasteiger partial charge in [-0.05, 0) is 66.2 Å². The number of halogens is 1. The summed E-state index contributed by atoms with van der Waals surface area (Å²) >= 11 is 7.17. The monoisotopic (exact) mass is 469 g/mol. The maximum absolute atomic E-state index is 13.3. The molecule has 1 saturated heterocycles. The molecule has 32 heavy (non-hydrogen) atoms. The van der Waals surface area contributed by atoms with Crippen LogP contribution >= 0.6 is 23.5 Å². The van der Waals surface area contributed by atoms with Crippen molar-refractivity contribution in [3.8, 4) is 17.2 Å².